The number of thioether (sulfide) groups is 1. The molecule has 0 aliphatic carbocycles. The number of carbonyl (C=O) groups is 3. The van der Waals surface area contributed by atoms with E-state index in [1.807, 2.05) is 5.01 Å². The van der Waals surface area contributed by atoms with Crippen LogP contribution in [0.2, 0.25) is 0 Å². The van der Waals surface area contributed by atoms with Crippen molar-refractivity contribution in [2.75, 3.05) is 18.8 Å². The molecule has 2 atom stereocenters. The first-order valence-electron chi connectivity index (χ1n) is 6.95. The summed E-state index contributed by atoms with van der Waals surface area (Å²) in [5, 5.41) is 12.6. The van der Waals surface area contributed by atoms with E-state index < -0.39 is 12.0 Å². The fourth-order valence-corrected chi connectivity index (χ4v) is 3.58. The lowest BCUT2D eigenvalue weighted by molar-refractivity contribution is -0.175. The lowest BCUT2D eigenvalue weighted by Gasteiger charge is -2.42. The predicted octanol–water partition coefficient (Wildman–Crippen LogP) is 0.969. The Labute approximate surface area is 122 Å². The molecular weight excluding hydrogens is 280 g/mol. The van der Waals surface area contributed by atoms with Gasteiger partial charge in [-0.25, -0.2) is 9.80 Å². The highest BCUT2D eigenvalue weighted by molar-refractivity contribution is 8.13. The van der Waals surface area contributed by atoms with Crippen molar-refractivity contribution < 1.29 is 19.5 Å². The van der Waals surface area contributed by atoms with Crippen LogP contribution in [0.1, 0.15) is 32.6 Å². The summed E-state index contributed by atoms with van der Waals surface area (Å²) in [4.78, 5) is 35.0. The van der Waals surface area contributed by atoms with Gasteiger partial charge in [0, 0.05) is 31.7 Å². The van der Waals surface area contributed by atoms with E-state index in [1.165, 1.54) is 11.9 Å². The molecule has 0 aromatic carbocycles. The van der Waals surface area contributed by atoms with Crippen molar-refractivity contribution in [1.29, 1.82) is 0 Å². The van der Waals surface area contributed by atoms with Gasteiger partial charge in [0.15, 0.2) is 5.12 Å². The summed E-state index contributed by atoms with van der Waals surface area (Å²) in [6, 6.07) is -0.751. The third-order valence-corrected chi connectivity index (χ3v) is 4.79. The van der Waals surface area contributed by atoms with Crippen molar-refractivity contribution in [2.45, 2.75) is 38.6 Å². The van der Waals surface area contributed by atoms with E-state index in [0.717, 1.165) is 44.1 Å². The molecule has 0 bridgehead atoms. The third kappa shape index (κ3) is 3.32. The molecule has 2 aliphatic rings. The number of amides is 1. The Morgan fingerprint density at radius 2 is 1.95 bits per heavy atom. The van der Waals surface area contributed by atoms with Crippen molar-refractivity contribution in [3.63, 3.8) is 0 Å². The highest BCUT2D eigenvalue weighted by Crippen LogP contribution is 2.28. The summed E-state index contributed by atoms with van der Waals surface area (Å²) in [6.07, 6.45) is 2.88. The minimum Gasteiger partial charge on any atom is -0.480 e. The van der Waals surface area contributed by atoms with E-state index in [4.69, 9.17) is 0 Å². The third-order valence-electron chi connectivity index (χ3n) is 3.81. The van der Waals surface area contributed by atoms with Gasteiger partial charge < -0.3 is 5.11 Å². The molecule has 0 aromatic heterocycles. The zero-order valence-corrected chi connectivity index (χ0v) is 12.4. The maximum absolute atomic E-state index is 12.6. The Bertz CT molecular complexity index is 415. The van der Waals surface area contributed by atoms with Crippen molar-refractivity contribution >= 4 is 28.8 Å². The molecule has 2 saturated heterocycles. The Hall–Kier alpha value is -1.08. The largest absolute Gasteiger partial charge is 0.480 e. The molecule has 0 spiro atoms. The van der Waals surface area contributed by atoms with E-state index in [2.05, 4.69) is 0 Å². The number of hydrogen-bond donors (Lipinski definition) is 1. The summed E-state index contributed by atoms with van der Waals surface area (Å²) in [5.41, 5.74) is 0. The first-order valence-corrected chi connectivity index (χ1v) is 7.93. The number of carboxylic acids is 1. The molecule has 1 N–H and O–H groups in total. The Balaban J connectivity index is 2.14. The van der Waals surface area contributed by atoms with Crippen molar-refractivity contribution in [2.24, 2.45) is 5.92 Å². The molecule has 6 nitrogen and oxygen atoms in total. The number of rotatable bonds is 3. The van der Waals surface area contributed by atoms with Crippen molar-refractivity contribution in [3.05, 3.63) is 0 Å². The standard InChI is InChI=1S/C13H20N2O4S/c1-9(16)20-8-10-4-2-6-14-7-3-5-11(13(18)19)15(14)12(10)17/h10-11H,2-8H2,1H3,(H,18,19)/t10-,11-/m0/s1. The molecule has 0 unspecified atom stereocenters. The number of carbonyl (C=O) groups excluding carboxylic acids is 2. The van der Waals surface area contributed by atoms with Crippen LogP contribution in [0, 0.1) is 5.92 Å². The van der Waals surface area contributed by atoms with E-state index >= 15 is 0 Å². The van der Waals surface area contributed by atoms with Gasteiger partial charge in [0.1, 0.15) is 6.04 Å². The number of fused-ring (bicyclic) bond motifs is 1. The summed E-state index contributed by atoms with van der Waals surface area (Å²) in [5.74, 6) is -0.884. The molecule has 2 fully saturated rings. The van der Waals surface area contributed by atoms with Crippen molar-refractivity contribution in [1.82, 2.24) is 10.0 Å². The monoisotopic (exact) mass is 300 g/mol. The SMILES string of the molecule is CC(=O)SC[C@@H]1CCCN2CCC[C@@H](C(=O)O)N2C1=O. The average molecular weight is 300 g/mol. The number of carboxylic acid groups (broad SMARTS) is 1. The van der Waals surface area contributed by atoms with Crippen LogP contribution in [0.3, 0.4) is 0 Å². The first kappa shape index (κ1) is 15.3. The topological polar surface area (TPSA) is 77.9 Å². The van der Waals surface area contributed by atoms with Crippen LogP contribution in [0.5, 0.6) is 0 Å². The van der Waals surface area contributed by atoms with Crippen LogP contribution in [-0.4, -0.2) is 57.0 Å². The number of hydrogen-bond acceptors (Lipinski definition) is 5. The van der Waals surface area contributed by atoms with Gasteiger partial charge in [-0.3, -0.25) is 14.6 Å². The van der Waals surface area contributed by atoms with Gasteiger partial charge in [0.25, 0.3) is 0 Å². The fourth-order valence-electron chi connectivity index (χ4n) is 2.84. The van der Waals surface area contributed by atoms with Crippen LogP contribution in [0.25, 0.3) is 0 Å². The number of hydrazine groups is 1. The van der Waals surface area contributed by atoms with Gasteiger partial charge in [0.05, 0.1) is 0 Å². The van der Waals surface area contributed by atoms with Gasteiger partial charge in [-0.15, -0.1) is 0 Å². The van der Waals surface area contributed by atoms with Crippen LogP contribution in [-0.2, 0) is 14.4 Å². The Morgan fingerprint density at radius 3 is 2.55 bits per heavy atom. The molecule has 20 heavy (non-hydrogen) atoms. The lowest BCUT2D eigenvalue weighted by atomic mass is 10.0. The Morgan fingerprint density at radius 1 is 1.30 bits per heavy atom. The zero-order valence-electron chi connectivity index (χ0n) is 11.6. The molecule has 0 saturated carbocycles. The highest BCUT2D eigenvalue weighted by Gasteiger charge is 2.41. The van der Waals surface area contributed by atoms with E-state index in [-0.39, 0.29) is 16.9 Å². The predicted molar refractivity (Wildman–Crippen MR) is 74.9 cm³/mol. The molecule has 2 rings (SSSR count). The molecule has 0 radical (unpaired) electrons. The van der Waals surface area contributed by atoms with E-state index in [9.17, 15) is 19.5 Å². The van der Waals surface area contributed by atoms with Gasteiger partial charge in [-0.05, 0) is 25.7 Å². The van der Waals surface area contributed by atoms with Crippen LogP contribution < -0.4 is 0 Å². The Kier molecular flexibility index (Phi) is 5.04. The summed E-state index contributed by atoms with van der Waals surface area (Å²) >= 11 is 1.15. The number of aliphatic carboxylic acids is 1. The summed E-state index contributed by atoms with van der Waals surface area (Å²) in [6.45, 7) is 2.94. The second-order valence-electron chi connectivity index (χ2n) is 5.27. The molecule has 1 amide bonds. The second-order valence-corrected chi connectivity index (χ2v) is 6.47. The quantitative estimate of drug-likeness (QED) is 0.837. The molecule has 7 heteroatoms. The second kappa shape index (κ2) is 6.58. The molecular formula is C13H20N2O4S. The van der Waals surface area contributed by atoms with Crippen LogP contribution in [0.4, 0.5) is 0 Å². The van der Waals surface area contributed by atoms with Crippen LogP contribution in [0.15, 0.2) is 0 Å². The average Bonchev–Trinajstić information content (AvgIpc) is 2.56. The van der Waals surface area contributed by atoms with E-state index in [0.29, 0.717) is 12.2 Å². The maximum atomic E-state index is 12.6. The molecule has 2 heterocycles. The zero-order chi connectivity index (χ0) is 14.7. The van der Waals surface area contributed by atoms with E-state index in [1.54, 1.807) is 0 Å². The molecule has 2 aliphatic heterocycles. The van der Waals surface area contributed by atoms with Crippen molar-refractivity contribution in [3.8, 4) is 0 Å². The molecule has 0 aromatic rings. The summed E-state index contributed by atoms with van der Waals surface area (Å²) in [7, 11) is 0. The first-order chi connectivity index (χ1) is 9.50. The van der Waals surface area contributed by atoms with Gasteiger partial charge >= 0.3 is 5.97 Å². The number of nitrogens with zero attached hydrogens (tertiary/aromatic N) is 2. The van der Waals surface area contributed by atoms with Gasteiger partial charge in [0.2, 0.25) is 5.91 Å². The smallest absolute Gasteiger partial charge is 0.328 e. The minimum absolute atomic E-state index is 0.00710. The molecule has 112 valence electrons. The highest BCUT2D eigenvalue weighted by atomic mass is 32.2. The van der Waals surface area contributed by atoms with Gasteiger partial charge in [-0.1, -0.05) is 11.8 Å². The lowest BCUT2D eigenvalue weighted by Crippen LogP contribution is -2.58. The minimum atomic E-state index is -0.942. The fraction of sp³-hybridized carbons (Fsp3) is 0.769. The van der Waals surface area contributed by atoms with Crippen LogP contribution >= 0.6 is 11.8 Å². The normalized spacial score (nSPS) is 27.9. The maximum Gasteiger partial charge on any atom is 0.328 e. The summed E-state index contributed by atoms with van der Waals surface area (Å²) < 4.78 is 0. The van der Waals surface area contributed by atoms with Gasteiger partial charge in [-0.2, -0.15) is 0 Å².